The summed E-state index contributed by atoms with van der Waals surface area (Å²) in [4.78, 5) is 19.3. The molecule has 5 nitrogen and oxygen atoms in total. The topological polar surface area (TPSA) is 56.7 Å². The number of rotatable bonds is 8. The molecular formula is C22H29IN4OS. The second kappa shape index (κ2) is 12.7. The monoisotopic (exact) mass is 524 g/mol. The summed E-state index contributed by atoms with van der Waals surface area (Å²) in [7, 11) is 1.79. The highest BCUT2D eigenvalue weighted by Gasteiger charge is 2.19. The molecule has 0 aromatic heterocycles. The number of carbonyl (C=O) groups is 1. The fourth-order valence-corrected chi connectivity index (χ4v) is 3.98. The summed E-state index contributed by atoms with van der Waals surface area (Å²) in [5, 5.41) is 6.72. The number of halogens is 1. The Bertz CT molecular complexity index is 800. The molecule has 156 valence electrons. The molecule has 2 aromatic carbocycles. The molecule has 1 heterocycles. The Morgan fingerprint density at radius 2 is 1.90 bits per heavy atom. The first kappa shape index (κ1) is 23.5. The summed E-state index contributed by atoms with van der Waals surface area (Å²) < 4.78 is 0. The van der Waals surface area contributed by atoms with Crippen LogP contribution in [0.1, 0.15) is 24.0 Å². The van der Waals surface area contributed by atoms with E-state index in [4.69, 9.17) is 0 Å². The zero-order valence-corrected chi connectivity index (χ0v) is 19.9. The number of thioether (sulfide) groups is 1. The summed E-state index contributed by atoms with van der Waals surface area (Å²) in [6, 6.07) is 18.8. The maximum Gasteiger partial charge on any atom is 0.222 e. The summed E-state index contributed by atoms with van der Waals surface area (Å²) in [6.07, 6.45) is 1.66. The fraction of sp³-hybridized carbons (Fsp3) is 0.364. The van der Waals surface area contributed by atoms with E-state index in [1.54, 1.807) is 7.05 Å². The van der Waals surface area contributed by atoms with Gasteiger partial charge in [0.25, 0.3) is 0 Å². The third-order valence-electron chi connectivity index (χ3n) is 4.63. The van der Waals surface area contributed by atoms with Gasteiger partial charge in [-0.15, -0.1) is 35.7 Å². The molecular weight excluding hydrogens is 495 g/mol. The number of guanidine groups is 1. The minimum absolute atomic E-state index is 0. The highest BCUT2D eigenvalue weighted by molar-refractivity contribution is 14.0. The Morgan fingerprint density at radius 3 is 2.62 bits per heavy atom. The maximum absolute atomic E-state index is 11.8. The molecule has 29 heavy (non-hydrogen) atoms. The van der Waals surface area contributed by atoms with Gasteiger partial charge in [0.2, 0.25) is 5.91 Å². The van der Waals surface area contributed by atoms with E-state index in [-0.39, 0.29) is 29.9 Å². The number of nitrogens with zero attached hydrogens (tertiary/aromatic N) is 2. The normalized spacial score (nSPS) is 13.9. The number of hydrogen-bond acceptors (Lipinski definition) is 3. The van der Waals surface area contributed by atoms with E-state index in [1.807, 2.05) is 22.7 Å². The summed E-state index contributed by atoms with van der Waals surface area (Å²) in [5.74, 6) is 2.04. The third kappa shape index (κ3) is 7.89. The van der Waals surface area contributed by atoms with Crippen LogP contribution in [0.3, 0.4) is 0 Å². The molecule has 0 spiro atoms. The summed E-state index contributed by atoms with van der Waals surface area (Å²) >= 11 is 1.83. The van der Waals surface area contributed by atoms with Crippen molar-refractivity contribution in [3.8, 4) is 0 Å². The number of hydrogen-bond donors (Lipinski definition) is 2. The van der Waals surface area contributed by atoms with Crippen LogP contribution in [0.2, 0.25) is 0 Å². The first-order valence-electron chi connectivity index (χ1n) is 9.72. The number of benzene rings is 2. The van der Waals surface area contributed by atoms with Gasteiger partial charge in [0.1, 0.15) is 0 Å². The van der Waals surface area contributed by atoms with Crippen molar-refractivity contribution in [1.82, 2.24) is 15.5 Å². The van der Waals surface area contributed by atoms with Crippen LogP contribution in [0.5, 0.6) is 0 Å². The van der Waals surface area contributed by atoms with E-state index in [9.17, 15) is 4.79 Å². The van der Waals surface area contributed by atoms with Gasteiger partial charge in [-0.3, -0.25) is 9.79 Å². The first-order valence-corrected chi connectivity index (χ1v) is 10.7. The molecule has 1 aliphatic heterocycles. The lowest BCUT2D eigenvalue weighted by Crippen LogP contribution is -2.38. The first-order chi connectivity index (χ1) is 13.7. The zero-order valence-electron chi connectivity index (χ0n) is 16.8. The van der Waals surface area contributed by atoms with Crippen molar-refractivity contribution in [2.45, 2.75) is 30.8 Å². The molecule has 0 radical (unpaired) electrons. The van der Waals surface area contributed by atoms with E-state index < -0.39 is 0 Å². The minimum Gasteiger partial charge on any atom is -0.356 e. The van der Waals surface area contributed by atoms with Crippen LogP contribution in [-0.4, -0.2) is 42.7 Å². The molecule has 0 aliphatic carbocycles. The predicted molar refractivity (Wildman–Crippen MR) is 132 cm³/mol. The lowest BCUT2D eigenvalue weighted by Gasteiger charge is -2.16. The SMILES string of the molecule is CN=C(NCCSc1ccccc1)NCc1cccc(CN2CCCC2=O)c1.I. The minimum atomic E-state index is 0. The second-order valence-electron chi connectivity index (χ2n) is 6.75. The zero-order chi connectivity index (χ0) is 19.6. The summed E-state index contributed by atoms with van der Waals surface area (Å²) in [6.45, 7) is 3.12. The number of aliphatic imine (C=N–C) groups is 1. The largest absolute Gasteiger partial charge is 0.356 e. The molecule has 2 aromatic rings. The van der Waals surface area contributed by atoms with Gasteiger partial charge in [0.05, 0.1) is 0 Å². The van der Waals surface area contributed by atoms with Crippen LogP contribution in [0, 0.1) is 0 Å². The predicted octanol–water partition coefficient (Wildman–Crippen LogP) is 3.88. The van der Waals surface area contributed by atoms with Gasteiger partial charge >= 0.3 is 0 Å². The fourth-order valence-electron chi connectivity index (χ4n) is 3.19. The molecule has 1 amide bonds. The van der Waals surface area contributed by atoms with Crippen molar-refractivity contribution in [3.05, 3.63) is 65.7 Å². The number of amides is 1. The molecule has 0 atom stereocenters. The van der Waals surface area contributed by atoms with Gasteiger partial charge in [-0.05, 0) is 29.7 Å². The van der Waals surface area contributed by atoms with Gasteiger partial charge in [-0.1, -0.05) is 42.5 Å². The molecule has 7 heteroatoms. The molecule has 1 aliphatic rings. The number of carbonyl (C=O) groups excluding carboxylic acids is 1. The molecule has 3 rings (SSSR count). The van der Waals surface area contributed by atoms with Crippen LogP contribution < -0.4 is 10.6 Å². The Kier molecular flexibility index (Phi) is 10.3. The van der Waals surface area contributed by atoms with Crippen molar-refractivity contribution in [1.29, 1.82) is 0 Å². The molecule has 1 saturated heterocycles. The third-order valence-corrected chi connectivity index (χ3v) is 5.64. The molecule has 2 N–H and O–H groups in total. The maximum atomic E-state index is 11.8. The Morgan fingerprint density at radius 1 is 1.10 bits per heavy atom. The summed E-state index contributed by atoms with van der Waals surface area (Å²) in [5.41, 5.74) is 2.36. The Balaban J connectivity index is 0.00000300. The molecule has 0 unspecified atom stereocenters. The van der Waals surface area contributed by atoms with Gasteiger partial charge < -0.3 is 15.5 Å². The van der Waals surface area contributed by atoms with Crippen molar-refractivity contribution in [2.24, 2.45) is 4.99 Å². The van der Waals surface area contributed by atoms with E-state index in [0.717, 1.165) is 31.2 Å². The lowest BCUT2D eigenvalue weighted by atomic mass is 10.1. The van der Waals surface area contributed by atoms with Crippen molar-refractivity contribution in [2.75, 3.05) is 25.9 Å². The van der Waals surface area contributed by atoms with Crippen molar-refractivity contribution < 1.29 is 4.79 Å². The van der Waals surface area contributed by atoms with Gasteiger partial charge in [0.15, 0.2) is 5.96 Å². The molecule has 1 fully saturated rings. The smallest absolute Gasteiger partial charge is 0.222 e. The standard InChI is InChI=1S/C22H28N4OS.HI/c1-23-22(24-12-14-28-20-9-3-2-4-10-20)25-16-18-7-5-8-19(15-18)17-26-13-6-11-21(26)27;/h2-5,7-10,15H,6,11-14,16-17H2,1H3,(H2,23,24,25);1H. The quantitative estimate of drug-likeness (QED) is 0.181. The lowest BCUT2D eigenvalue weighted by molar-refractivity contribution is -0.128. The highest BCUT2D eigenvalue weighted by atomic mass is 127. The van der Waals surface area contributed by atoms with Crippen LogP contribution in [0.25, 0.3) is 0 Å². The van der Waals surface area contributed by atoms with E-state index in [1.165, 1.54) is 16.0 Å². The van der Waals surface area contributed by atoms with Gasteiger partial charge in [0, 0.05) is 50.3 Å². The van der Waals surface area contributed by atoms with Crippen LogP contribution in [0.4, 0.5) is 0 Å². The molecule has 0 saturated carbocycles. The van der Waals surface area contributed by atoms with E-state index in [0.29, 0.717) is 19.5 Å². The van der Waals surface area contributed by atoms with Gasteiger partial charge in [-0.25, -0.2) is 0 Å². The van der Waals surface area contributed by atoms with Gasteiger partial charge in [-0.2, -0.15) is 0 Å². The average molecular weight is 524 g/mol. The number of likely N-dealkylation sites (tertiary alicyclic amines) is 1. The van der Waals surface area contributed by atoms with Crippen molar-refractivity contribution >= 4 is 47.6 Å². The van der Waals surface area contributed by atoms with E-state index >= 15 is 0 Å². The second-order valence-corrected chi connectivity index (χ2v) is 7.92. The van der Waals surface area contributed by atoms with Crippen molar-refractivity contribution in [3.63, 3.8) is 0 Å². The van der Waals surface area contributed by atoms with E-state index in [2.05, 4.69) is 64.2 Å². The number of nitrogens with one attached hydrogen (secondary N) is 2. The van der Waals surface area contributed by atoms with Crippen LogP contribution in [-0.2, 0) is 17.9 Å². The van der Waals surface area contributed by atoms with Crippen LogP contribution in [0.15, 0.2) is 64.5 Å². The highest BCUT2D eigenvalue weighted by Crippen LogP contribution is 2.16. The Labute approximate surface area is 194 Å². The average Bonchev–Trinajstić information content (AvgIpc) is 3.13. The molecule has 0 bridgehead atoms. The Hall–Kier alpha value is -1.74. The van der Waals surface area contributed by atoms with Crippen LogP contribution >= 0.6 is 35.7 Å².